The molecule has 0 bridgehead atoms. The fourth-order valence-corrected chi connectivity index (χ4v) is 3.84. The number of piperidine rings is 1. The molecule has 7 nitrogen and oxygen atoms in total. The van der Waals surface area contributed by atoms with Gasteiger partial charge in [-0.3, -0.25) is 14.5 Å². The van der Waals surface area contributed by atoms with E-state index in [1.807, 2.05) is 4.90 Å². The SMILES string of the molecule is COc1cc(OC)cc(C(=O)N2CCC(C(=O)NCC(C)N(C)C3CC3)CC2)c1. The molecule has 0 radical (unpaired) electrons. The van der Waals surface area contributed by atoms with E-state index in [4.69, 9.17) is 9.47 Å². The lowest BCUT2D eigenvalue weighted by molar-refractivity contribution is -0.126. The van der Waals surface area contributed by atoms with Crippen LogP contribution in [0.1, 0.15) is 43.0 Å². The Morgan fingerprint density at radius 1 is 1.10 bits per heavy atom. The largest absolute Gasteiger partial charge is 0.497 e. The zero-order valence-corrected chi connectivity index (χ0v) is 17.9. The van der Waals surface area contributed by atoms with Gasteiger partial charge in [-0.15, -0.1) is 0 Å². The number of methoxy groups -OCH3 is 2. The number of nitrogens with one attached hydrogen (secondary N) is 1. The van der Waals surface area contributed by atoms with Crippen molar-refractivity contribution in [3.05, 3.63) is 23.8 Å². The van der Waals surface area contributed by atoms with Gasteiger partial charge in [0.2, 0.25) is 5.91 Å². The van der Waals surface area contributed by atoms with Crippen LogP contribution in [0.15, 0.2) is 18.2 Å². The first-order chi connectivity index (χ1) is 13.9. The molecule has 1 atom stereocenters. The minimum Gasteiger partial charge on any atom is -0.497 e. The Morgan fingerprint density at radius 2 is 1.69 bits per heavy atom. The summed E-state index contributed by atoms with van der Waals surface area (Å²) in [6.07, 6.45) is 3.90. The standard InChI is InChI=1S/C22H33N3O4/c1-15(24(2)18-5-6-18)14-23-21(26)16-7-9-25(10-8-16)22(27)17-11-19(28-3)13-20(12-17)29-4/h11-13,15-16,18H,5-10,14H2,1-4H3,(H,23,26). The lowest BCUT2D eigenvalue weighted by atomic mass is 9.95. The number of rotatable bonds is 8. The van der Waals surface area contributed by atoms with Gasteiger partial charge in [-0.1, -0.05) is 0 Å². The highest BCUT2D eigenvalue weighted by Gasteiger charge is 2.31. The first-order valence-electron chi connectivity index (χ1n) is 10.4. The number of hydrogen-bond acceptors (Lipinski definition) is 5. The molecule has 3 rings (SSSR count). The minimum absolute atomic E-state index is 0.0303. The normalized spacial score (nSPS) is 18.4. The highest BCUT2D eigenvalue weighted by Crippen LogP contribution is 2.27. The van der Waals surface area contributed by atoms with E-state index in [1.54, 1.807) is 32.4 Å². The molecule has 7 heteroatoms. The number of carbonyl (C=O) groups excluding carboxylic acids is 2. The Kier molecular flexibility index (Phi) is 7.00. The summed E-state index contributed by atoms with van der Waals surface area (Å²) < 4.78 is 10.5. The molecule has 1 aromatic carbocycles. The van der Waals surface area contributed by atoms with Gasteiger partial charge in [0, 0.05) is 49.3 Å². The van der Waals surface area contributed by atoms with Gasteiger partial charge in [0.05, 0.1) is 14.2 Å². The van der Waals surface area contributed by atoms with Crippen LogP contribution in [0.4, 0.5) is 0 Å². The van der Waals surface area contributed by atoms with Crippen LogP contribution in [0.2, 0.25) is 0 Å². The molecule has 1 aliphatic heterocycles. The van der Waals surface area contributed by atoms with Crippen molar-refractivity contribution in [2.75, 3.05) is 40.9 Å². The molecule has 1 saturated carbocycles. The molecule has 1 N–H and O–H groups in total. The van der Waals surface area contributed by atoms with Crippen LogP contribution in [0.5, 0.6) is 11.5 Å². The minimum atomic E-state index is -0.0549. The van der Waals surface area contributed by atoms with Crippen LogP contribution in [0, 0.1) is 5.92 Å². The Hall–Kier alpha value is -2.28. The third-order valence-corrected chi connectivity index (χ3v) is 6.14. The fraction of sp³-hybridized carbons (Fsp3) is 0.636. The van der Waals surface area contributed by atoms with E-state index in [-0.39, 0.29) is 17.7 Å². The van der Waals surface area contributed by atoms with Crippen molar-refractivity contribution in [1.29, 1.82) is 0 Å². The Labute approximate surface area is 173 Å². The molecule has 1 unspecified atom stereocenters. The second-order valence-electron chi connectivity index (χ2n) is 8.16. The van der Waals surface area contributed by atoms with Gasteiger partial charge < -0.3 is 19.7 Å². The molecule has 1 aliphatic carbocycles. The molecular formula is C22H33N3O4. The molecular weight excluding hydrogens is 370 g/mol. The molecule has 1 aromatic rings. The second kappa shape index (κ2) is 9.48. The van der Waals surface area contributed by atoms with Crippen LogP contribution in [-0.2, 0) is 4.79 Å². The van der Waals surface area contributed by atoms with E-state index in [0.717, 1.165) is 0 Å². The van der Waals surface area contributed by atoms with Crippen LogP contribution >= 0.6 is 0 Å². The van der Waals surface area contributed by atoms with E-state index in [1.165, 1.54) is 12.8 Å². The van der Waals surface area contributed by atoms with E-state index in [0.29, 0.717) is 61.6 Å². The third-order valence-electron chi connectivity index (χ3n) is 6.14. The first kappa shape index (κ1) is 21.4. The van der Waals surface area contributed by atoms with Crippen LogP contribution < -0.4 is 14.8 Å². The molecule has 2 amide bonds. The molecule has 0 spiro atoms. The number of likely N-dealkylation sites (N-methyl/N-ethyl adjacent to an activating group) is 1. The van der Waals surface area contributed by atoms with Crippen molar-refractivity contribution < 1.29 is 19.1 Å². The molecule has 0 aromatic heterocycles. The van der Waals surface area contributed by atoms with Gasteiger partial charge in [-0.25, -0.2) is 0 Å². The molecule has 2 fully saturated rings. The van der Waals surface area contributed by atoms with Gasteiger partial charge >= 0.3 is 0 Å². The van der Waals surface area contributed by atoms with Gasteiger partial charge in [0.25, 0.3) is 5.91 Å². The van der Waals surface area contributed by atoms with E-state index in [9.17, 15) is 9.59 Å². The Morgan fingerprint density at radius 3 is 2.21 bits per heavy atom. The maximum Gasteiger partial charge on any atom is 0.254 e. The van der Waals surface area contributed by atoms with Crippen molar-refractivity contribution in [1.82, 2.24) is 15.1 Å². The summed E-state index contributed by atoms with van der Waals surface area (Å²) in [5.74, 6) is 1.20. The number of amides is 2. The van der Waals surface area contributed by atoms with Gasteiger partial charge in [0.1, 0.15) is 11.5 Å². The van der Waals surface area contributed by atoms with E-state index >= 15 is 0 Å². The summed E-state index contributed by atoms with van der Waals surface area (Å²) in [5.41, 5.74) is 0.543. The molecule has 160 valence electrons. The summed E-state index contributed by atoms with van der Waals surface area (Å²) in [6.45, 7) is 3.98. The van der Waals surface area contributed by atoms with Crippen LogP contribution in [0.3, 0.4) is 0 Å². The van der Waals surface area contributed by atoms with Crippen molar-refractivity contribution in [2.45, 2.75) is 44.7 Å². The van der Waals surface area contributed by atoms with Crippen molar-refractivity contribution in [3.8, 4) is 11.5 Å². The first-order valence-corrected chi connectivity index (χ1v) is 10.4. The summed E-state index contributed by atoms with van der Waals surface area (Å²) in [5, 5.41) is 3.10. The maximum atomic E-state index is 12.9. The number of ether oxygens (including phenoxy) is 2. The van der Waals surface area contributed by atoms with Gasteiger partial charge in [-0.2, -0.15) is 0 Å². The van der Waals surface area contributed by atoms with Crippen molar-refractivity contribution in [2.24, 2.45) is 5.92 Å². The molecule has 1 saturated heterocycles. The average molecular weight is 404 g/mol. The number of likely N-dealkylation sites (tertiary alicyclic amines) is 1. The number of carbonyl (C=O) groups is 2. The summed E-state index contributed by atoms with van der Waals surface area (Å²) in [7, 11) is 5.26. The molecule has 29 heavy (non-hydrogen) atoms. The fourth-order valence-electron chi connectivity index (χ4n) is 3.84. The lowest BCUT2D eigenvalue weighted by Crippen LogP contribution is -2.46. The van der Waals surface area contributed by atoms with Crippen molar-refractivity contribution >= 4 is 11.8 Å². The van der Waals surface area contributed by atoms with E-state index in [2.05, 4.69) is 24.2 Å². The quantitative estimate of drug-likeness (QED) is 0.720. The number of hydrogen-bond donors (Lipinski definition) is 1. The summed E-state index contributed by atoms with van der Waals surface area (Å²) in [4.78, 5) is 29.6. The zero-order chi connectivity index (χ0) is 21.0. The van der Waals surface area contributed by atoms with Crippen molar-refractivity contribution in [3.63, 3.8) is 0 Å². The number of nitrogens with zero attached hydrogens (tertiary/aromatic N) is 2. The Bertz CT molecular complexity index is 705. The summed E-state index contributed by atoms with van der Waals surface area (Å²) >= 11 is 0. The summed E-state index contributed by atoms with van der Waals surface area (Å²) in [6, 6.07) is 6.22. The Balaban J connectivity index is 1.49. The molecule has 2 aliphatic rings. The zero-order valence-electron chi connectivity index (χ0n) is 17.9. The van der Waals surface area contributed by atoms with Gasteiger partial charge in [0.15, 0.2) is 0 Å². The van der Waals surface area contributed by atoms with E-state index < -0.39 is 0 Å². The van der Waals surface area contributed by atoms with Gasteiger partial charge in [-0.05, 0) is 51.8 Å². The highest BCUT2D eigenvalue weighted by atomic mass is 16.5. The topological polar surface area (TPSA) is 71.1 Å². The maximum absolute atomic E-state index is 12.9. The molecule has 1 heterocycles. The number of benzene rings is 1. The highest BCUT2D eigenvalue weighted by molar-refractivity contribution is 5.95. The van der Waals surface area contributed by atoms with Crippen LogP contribution in [0.25, 0.3) is 0 Å². The predicted molar refractivity (Wildman–Crippen MR) is 111 cm³/mol. The smallest absolute Gasteiger partial charge is 0.254 e. The third kappa shape index (κ3) is 5.41. The monoisotopic (exact) mass is 403 g/mol. The van der Waals surface area contributed by atoms with Crippen LogP contribution in [-0.4, -0.2) is 74.6 Å². The lowest BCUT2D eigenvalue weighted by Gasteiger charge is -2.32. The predicted octanol–water partition coefficient (Wildman–Crippen LogP) is 2.15. The second-order valence-corrected chi connectivity index (χ2v) is 8.16. The average Bonchev–Trinajstić information content (AvgIpc) is 3.61.